The van der Waals surface area contributed by atoms with Gasteiger partial charge in [-0.05, 0) is 62.1 Å². The molecule has 0 saturated carbocycles. The summed E-state index contributed by atoms with van der Waals surface area (Å²) < 4.78 is 23.9. The van der Waals surface area contributed by atoms with Crippen LogP contribution in [0.4, 0.5) is 4.39 Å². The molecular formula is C22H24FN3O2. The minimum Gasteiger partial charge on any atom is -0.485 e. The Labute approximate surface area is 164 Å². The number of benzene rings is 2. The van der Waals surface area contributed by atoms with E-state index in [1.54, 1.807) is 12.1 Å². The van der Waals surface area contributed by atoms with E-state index >= 15 is 0 Å². The molecule has 1 fully saturated rings. The Kier molecular flexibility index (Phi) is 5.97. The van der Waals surface area contributed by atoms with Crippen LogP contribution < -0.4 is 4.74 Å². The van der Waals surface area contributed by atoms with Crippen LogP contribution in [0.5, 0.6) is 5.75 Å². The van der Waals surface area contributed by atoms with Crippen molar-refractivity contribution in [2.45, 2.75) is 44.9 Å². The summed E-state index contributed by atoms with van der Waals surface area (Å²) in [6, 6.07) is 17.0. The van der Waals surface area contributed by atoms with Gasteiger partial charge in [0.1, 0.15) is 11.6 Å². The monoisotopic (exact) mass is 381 g/mol. The Morgan fingerprint density at radius 3 is 2.75 bits per heavy atom. The summed E-state index contributed by atoms with van der Waals surface area (Å²) in [6.07, 6.45) is 4.64. The molecular weight excluding hydrogens is 357 g/mol. The van der Waals surface area contributed by atoms with E-state index in [0.717, 1.165) is 19.4 Å². The largest absolute Gasteiger partial charge is 0.485 e. The van der Waals surface area contributed by atoms with Gasteiger partial charge in [0.25, 0.3) is 0 Å². The van der Waals surface area contributed by atoms with Crippen molar-refractivity contribution in [1.82, 2.24) is 15.0 Å². The molecule has 6 heteroatoms. The molecule has 0 bridgehead atoms. The van der Waals surface area contributed by atoms with Gasteiger partial charge in [0, 0.05) is 6.04 Å². The zero-order chi connectivity index (χ0) is 19.2. The van der Waals surface area contributed by atoms with E-state index in [1.165, 1.54) is 30.5 Å². The SMILES string of the molecule is Fc1ccc(OCc2noc(CN3CCCC3CCc3ccccc3)n2)cc1. The second-order valence-corrected chi connectivity index (χ2v) is 7.14. The summed E-state index contributed by atoms with van der Waals surface area (Å²) in [7, 11) is 0. The van der Waals surface area contributed by atoms with E-state index in [0.29, 0.717) is 30.1 Å². The summed E-state index contributed by atoms with van der Waals surface area (Å²) in [5, 5.41) is 4.00. The van der Waals surface area contributed by atoms with Crippen LogP contribution in [-0.2, 0) is 19.6 Å². The van der Waals surface area contributed by atoms with Gasteiger partial charge in [-0.25, -0.2) is 4.39 Å². The van der Waals surface area contributed by atoms with Crippen molar-refractivity contribution in [3.8, 4) is 5.75 Å². The number of hydrogen-bond acceptors (Lipinski definition) is 5. The number of aryl methyl sites for hydroxylation is 1. The van der Waals surface area contributed by atoms with Crippen LogP contribution in [0.2, 0.25) is 0 Å². The lowest BCUT2D eigenvalue weighted by Crippen LogP contribution is -2.29. The predicted molar refractivity (Wildman–Crippen MR) is 103 cm³/mol. The minimum absolute atomic E-state index is 0.201. The maximum atomic E-state index is 12.9. The molecule has 1 aliphatic heterocycles. The lowest BCUT2D eigenvalue weighted by Gasteiger charge is -2.22. The van der Waals surface area contributed by atoms with E-state index in [1.807, 2.05) is 0 Å². The Bertz CT molecular complexity index is 867. The fourth-order valence-electron chi connectivity index (χ4n) is 3.67. The van der Waals surface area contributed by atoms with Gasteiger partial charge in [-0.3, -0.25) is 4.90 Å². The van der Waals surface area contributed by atoms with Crippen LogP contribution in [0.1, 0.15) is 36.5 Å². The molecule has 1 aromatic heterocycles. The maximum Gasteiger partial charge on any atom is 0.240 e. The lowest BCUT2D eigenvalue weighted by molar-refractivity contribution is 0.202. The molecule has 28 heavy (non-hydrogen) atoms. The molecule has 1 saturated heterocycles. The number of ether oxygens (including phenoxy) is 1. The molecule has 0 radical (unpaired) electrons. The van der Waals surface area contributed by atoms with Gasteiger partial charge in [-0.15, -0.1) is 0 Å². The molecule has 146 valence electrons. The van der Waals surface area contributed by atoms with Crippen molar-refractivity contribution < 1.29 is 13.7 Å². The molecule has 0 N–H and O–H groups in total. The number of likely N-dealkylation sites (tertiary alicyclic amines) is 1. The van der Waals surface area contributed by atoms with Crippen molar-refractivity contribution in [3.63, 3.8) is 0 Å². The van der Waals surface area contributed by atoms with Crippen molar-refractivity contribution >= 4 is 0 Å². The molecule has 1 unspecified atom stereocenters. The van der Waals surface area contributed by atoms with Crippen LogP contribution in [0.25, 0.3) is 0 Å². The number of nitrogens with zero attached hydrogens (tertiary/aromatic N) is 3. The highest BCUT2D eigenvalue weighted by atomic mass is 19.1. The quantitative estimate of drug-likeness (QED) is 0.579. The average molecular weight is 381 g/mol. The predicted octanol–water partition coefficient (Wildman–Crippen LogP) is 4.38. The molecule has 1 atom stereocenters. The van der Waals surface area contributed by atoms with Crippen LogP contribution in [0, 0.1) is 5.82 Å². The number of hydrogen-bond donors (Lipinski definition) is 0. The fraction of sp³-hybridized carbons (Fsp3) is 0.364. The number of rotatable bonds is 8. The lowest BCUT2D eigenvalue weighted by atomic mass is 10.0. The Hall–Kier alpha value is -2.73. The average Bonchev–Trinajstić information content (AvgIpc) is 3.36. The van der Waals surface area contributed by atoms with Crippen LogP contribution in [0.3, 0.4) is 0 Å². The normalized spacial score (nSPS) is 17.1. The molecule has 2 aromatic carbocycles. The van der Waals surface area contributed by atoms with E-state index in [-0.39, 0.29) is 12.4 Å². The fourth-order valence-corrected chi connectivity index (χ4v) is 3.67. The van der Waals surface area contributed by atoms with Crippen LogP contribution in [0.15, 0.2) is 59.1 Å². The van der Waals surface area contributed by atoms with Crippen molar-refractivity contribution in [1.29, 1.82) is 0 Å². The first kappa shape index (κ1) is 18.6. The van der Waals surface area contributed by atoms with Crippen molar-refractivity contribution in [3.05, 3.63) is 77.7 Å². The van der Waals surface area contributed by atoms with E-state index in [4.69, 9.17) is 9.26 Å². The van der Waals surface area contributed by atoms with Crippen LogP contribution >= 0.6 is 0 Å². The Morgan fingerprint density at radius 1 is 1.11 bits per heavy atom. The second kappa shape index (κ2) is 8.97. The highest BCUT2D eigenvalue weighted by molar-refractivity contribution is 5.22. The van der Waals surface area contributed by atoms with Crippen LogP contribution in [-0.4, -0.2) is 27.6 Å². The van der Waals surface area contributed by atoms with E-state index in [9.17, 15) is 4.39 Å². The van der Waals surface area contributed by atoms with Gasteiger partial charge in [-0.2, -0.15) is 4.98 Å². The first-order valence-corrected chi connectivity index (χ1v) is 9.74. The third kappa shape index (κ3) is 4.95. The molecule has 5 nitrogen and oxygen atoms in total. The summed E-state index contributed by atoms with van der Waals surface area (Å²) in [6.45, 7) is 1.93. The molecule has 0 amide bonds. The first-order valence-electron chi connectivity index (χ1n) is 9.74. The minimum atomic E-state index is -0.290. The molecule has 4 rings (SSSR count). The second-order valence-electron chi connectivity index (χ2n) is 7.14. The van der Waals surface area contributed by atoms with E-state index in [2.05, 4.69) is 45.4 Å². The van der Waals surface area contributed by atoms with Crippen molar-refractivity contribution in [2.24, 2.45) is 0 Å². The van der Waals surface area contributed by atoms with Gasteiger partial charge < -0.3 is 9.26 Å². The molecule has 0 spiro atoms. The van der Waals surface area contributed by atoms with Gasteiger partial charge >= 0.3 is 0 Å². The molecule has 0 aliphatic carbocycles. The summed E-state index contributed by atoms with van der Waals surface area (Å²) in [5.41, 5.74) is 1.38. The topological polar surface area (TPSA) is 51.4 Å². The van der Waals surface area contributed by atoms with E-state index < -0.39 is 0 Å². The Morgan fingerprint density at radius 2 is 1.93 bits per heavy atom. The Balaban J connectivity index is 1.28. The van der Waals surface area contributed by atoms with Gasteiger partial charge in [0.15, 0.2) is 6.61 Å². The third-order valence-corrected chi connectivity index (χ3v) is 5.14. The molecule has 1 aliphatic rings. The highest BCUT2D eigenvalue weighted by Crippen LogP contribution is 2.23. The van der Waals surface area contributed by atoms with Gasteiger partial charge in [-0.1, -0.05) is 35.5 Å². The first-order chi connectivity index (χ1) is 13.8. The third-order valence-electron chi connectivity index (χ3n) is 5.14. The summed E-state index contributed by atoms with van der Waals surface area (Å²) >= 11 is 0. The van der Waals surface area contributed by atoms with Gasteiger partial charge in [0.2, 0.25) is 11.7 Å². The zero-order valence-electron chi connectivity index (χ0n) is 15.8. The highest BCUT2D eigenvalue weighted by Gasteiger charge is 2.26. The standard InChI is InChI=1S/C22H24FN3O2/c23-18-9-12-20(13-10-18)27-16-21-24-22(28-25-21)15-26-14-4-7-19(26)11-8-17-5-2-1-3-6-17/h1-3,5-6,9-10,12-13,19H,4,7-8,11,14-16H2. The smallest absolute Gasteiger partial charge is 0.240 e. The van der Waals surface area contributed by atoms with Gasteiger partial charge in [0.05, 0.1) is 6.54 Å². The van der Waals surface area contributed by atoms with Crippen molar-refractivity contribution in [2.75, 3.05) is 6.54 Å². The summed E-state index contributed by atoms with van der Waals surface area (Å²) in [4.78, 5) is 6.87. The zero-order valence-corrected chi connectivity index (χ0v) is 15.8. The molecule has 2 heterocycles. The number of aromatic nitrogens is 2. The summed E-state index contributed by atoms with van der Waals surface area (Å²) in [5.74, 6) is 1.40. The maximum absolute atomic E-state index is 12.9. The molecule has 3 aromatic rings. The number of halogens is 1.